The van der Waals surface area contributed by atoms with Crippen LogP contribution in [0.25, 0.3) is 0 Å². The standard InChI is InChI=1S/C16H25F3N6.HI/c1-11-3-5-12(6-4-11)24-14(20-2)22-9-10-23-15-21-8-7-13(25-15)16(17,18)19;/h7-8,11-12H,3-6,9-10H2,1-2H3,(H2,20,22,24)(H,21,23,25);1H. The SMILES string of the molecule is CN=C(NCCNc1nccc(C(F)(F)F)n1)NC1CCC(C)CC1.I. The van der Waals surface area contributed by atoms with Crippen LogP contribution in [0.1, 0.15) is 38.3 Å². The van der Waals surface area contributed by atoms with Crippen molar-refractivity contribution in [2.75, 3.05) is 25.5 Å². The Hall–Kier alpha value is -1.33. The lowest BCUT2D eigenvalue weighted by Gasteiger charge is -2.28. The number of rotatable bonds is 5. The molecule has 0 spiro atoms. The number of hydrogen-bond donors (Lipinski definition) is 3. The van der Waals surface area contributed by atoms with Gasteiger partial charge in [-0.2, -0.15) is 13.2 Å². The molecule has 1 aliphatic rings. The molecule has 0 atom stereocenters. The third-order valence-electron chi connectivity index (χ3n) is 4.23. The molecule has 1 heterocycles. The van der Waals surface area contributed by atoms with E-state index in [9.17, 15) is 13.2 Å². The number of aliphatic imine (C=N–C) groups is 1. The maximum absolute atomic E-state index is 12.6. The van der Waals surface area contributed by atoms with E-state index in [0.717, 1.165) is 31.0 Å². The lowest BCUT2D eigenvalue weighted by atomic mass is 9.87. The molecule has 1 saturated carbocycles. The Kier molecular flexibility index (Phi) is 9.37. The summed E-state index contributed by atoms with van der Waals surface area (Å²) in [6.07, 6.45) is 1.29. The maximum Gasteiger partial charge on any atom is 0.433 e. The highest BCUT2D eigenvalue weighted by Crippen LogP contribution is 2.27. The molecule has 2 rings (SSSR count). The van der Waals surface area contributed by atoms with E-state index in [2.05, 4.69) is 37.8 Å². The van der Waals surface area contributed by atoms with Gasteiger partial charge in [-0.25, -0.2) is 9.97 Å². The van der Waals surface area contributed by atoms with Crippen LogP contribution in [0.3, 0.4) is 0 Å². The summed E-state index contributed by atoms with van der Waals surface area (Å²) in [4.78, 5) is 11.4. The van der Waals surface area contributed by atoms with Gasteiger partial charge in [-0.1, -0.05) is 6.92 Å². The first-order valence-corrected chi connectivity index (χ1v) is 8.49. The quantitative estimate of drug-likeness (QED) is 0.258. The minimum absolute atomic E-state index is 0. The molecule has 0 amide bonds. The zero-order valence-electron chi connectivity index (χ0n) is 14.9. The van der Waals surface area contributed by atoms with E-state index in [1.165, 1.54) is 12.8 Å². The molecule has 1 aromatic heterocycles. The zero-order valence-corrected chi connectivity index (χ0v) is 17.3. The molecule has 6 nitrogen and oxygen atoms in total. The minimum Gasteiger partial charge on any atom is -0.355 e. The van der Waals surface area contributed by atoms with Crippen LogP contribution in [-0.4, -0.2) is 42.1 Å². The molecule has 0 aromatic carbocycles. The van der Waals surface area contributed by atoms with Crippen LogP contribution < -0.4 is 16.0 Å². The van der Waals surface area contributed by atoms with Gasteiger partial charge in [0, 0.05) is 32.4 Å². The van der Waals surface area contributed by atoms with Crippen molar-refractivity contribution in [3.63, 3.8) is 0 Å². The van der Waals surface area contributed by atoms with Gasteiger partial charge < -0.3 is 16.0 Å². The molecule has 1 aromatic rings. The van der Waals surface area contributed by atoms with Crippen molar-refractivity contribution in [3.05, 3.63) is 18.0 Å². The fourth-order valence-corrected chi connectivity index (χ4v) is 2.75. The highest BCUT2D eigenvalue weighted by molar-refractivity contribution is 14.0. The first kappa shape index (κ1) is 22.7. The summed E-state index contributed by atoms with van der Waals surface area (Å²) in [5.41, 5.74) is -0.957. The molecule has 1 aliphatic carbocycles. The third-order valence-corrected chi connectivity index (χ3v) is 4.23. The van der Waals surface area contributed by atoms with Crippen molar-refractivity contribution < 1.29 is 13.2 Å². The summed E-state index contributed by atoms with van der Waals surface area (Å²) in [5.74, 6) is 1.44. The van der Waals surface area contributed by atoms with Crippen LogP contribution in [0, 0.1) is 5.92 Å². The molecule has 0 radical (unpaired) electrons. The number of nitrogens with zero attached hydrogens (tertiary/aromatic N) is 3. The Balaban J connectivity index is 0.00000338. The van der Waals surface area contributed by atoms with Gasteiger partial charge in [-0.15, -0.1) is 24.0 Å². The van der Waals surface area contributed by atoms with Crippen molar-refractivity contribution in [2.24, 2.45) is 10.9 Å². The van der Waals surface area contributed by atoms with Gasteiger partial charge >= 0.3 is 6.18 Å². The highest BCUT2D eigenvalue weighted by Gasteiger charge is 2.32. The van der Waals surface area contributed by atoms with Crippen molar-refractivity contribution in [1.82, 2.24) is 20.6 Å². The van der Waals surface area contributed by atoms with Crippen molar-refractivity contribution in [1.29, 1.82) is 0 Å². The lowest BCUT2D eigenvalue weighted by Crippen LogP contribution is -2.45. The van der Waals surface area contributed by atoms with Crippen LogP contribution in [0.2, 0.25) is 0 Å². The molecule has 0 bridgehead atoms. The molecule has 10 heteroatoms. The van der Waals surface area contributed by atoms with Crippen LogP contribution in [-0.2, 0) is 6.18 Å². The van der Waals surface area contributed by atoms with Crippen molar-refractivity contribution >= 4 is 35.9 Å². The van der Waals surface area contributed by atoms with Crippen LogP contribution in [0.5, 0.6) is 0 Å². The molecule has 3 N–H and O–H groups in total. The van der Waals surface area contributed by atoms with E-state index in [1.807, 2.05) is 0 Å². The summed E-state index contributed by atoms with van der Waals surface area (Å²) in [6.45, 7) is 3.14. The molecular formula is C16H26F3IN6. The molecular weight excluding hydrogens is 460 g/mol. The molecule has 148 valence electrons. The second kappa shape index (κ2) is 10.7. The van der Waals surface area contributed by atoms with Gasteiger partial charge in [0.2, 0.25) is 5.95 Å². The maximum atomic E-state index is 12.6. The fourth-order valence-electron chi connectivity index (χ4n) is 2.75. The van der Waals surface area contributed by atoms with Crippen LogP contribution in [0.4, 0.5) is 19.1 Å². The summed E-state index contributed by atoms with van der Waals surface area (Å²) in [6, 6.07) is 1.27. The highest BCUT2D eigenvalue weighted by atomic mass is 127. The van der Waals surface area contributed by atoms with Gasteiger partial charge in [0.05, 0.1) is 0 Å². The molecule has 0 saturated heterocycles. The second-order valence-electron chi connectivity index (χ2n) is 6.29. The first-order valence-electron chi connectivity index (χ1n) is 8.49. The number of guanidine groups is 1. The van der Waals surface area contributed by atoms with Gasteiger partial charge in [0.15, 0.2) is 5.96 Å². The van der Waals surface area contributed by atoms with Crippen molar-refractivity contribution in [3.8, 4) is 0 Å². The Bertz CT molecular complexity index is 573. The van der Waals surface area contributed by atoms with E-state index in [1.54, 1.807) is 7.05 Å². The third kappa shape index (κ3) is 7.50. The van der Waals surface area contributed by atoms with Crippen molar-refractivity contribution in [2.45, 2.75) is 44.8 Å². The summed E-state index contributed by atoms with van der Waals surface area (Å²) in [7, 11) is 1.70. The molecule has 26 heavy (non-hydrogen) atoms. The minimum atomic E-state index is -4.47. The van der Waals surface area contributed by atoms with Crippen LogP contribution in [0.15, 0.2) is 17.3 Å². The Morgan fingerprint density at radius 1 is 1.23 bits per heavy atom. The predicted octanol–water partition coefficient (Wildman–Crippen LogP) is 3.27. The largest absolute Gasteiger partial charge is 0.433 e. The number of hydrogen-bond acceptors (Lipinski definition) is 4. The average Bonchev–Trinajstić information content (AvgIpc) is 2.59. The van der Waals surface area contributed by atoms with E-state index in [4.69, 9.17) is 0 Å². The van der Waals surface area contributed by atoms with Gasteiger partial charge in [-0.05, 0) is 37.7 Å². The Morgan fingerprint density at radius 2 is 1.92 bits per heavy atom. The number of anilines is 1. The number of alkyl halides is 3. The van der Waals surface area contributed by atoms with Gasteiger partial charge in [-0.3, -0.25) is 4.99 Å². The number of halogens is 4. The monoisotopic (exact) mass is 486 g/mol. The Morgan fingerprint density at radius 3 is 2.54 bits per heavy atom. The molecule has 1 fully saturated rings. The topological polar surface area (TPSA) is 74.2 Å². The van der Waals surface area contributed by atoms with E-state index in [-0.39, 0.29) is 29.9 Å². The van der Waals surface area contributed by atoms with Crippen LogP contribution >= 0.6 is 24.0 Å². The molecule has 0 aliphatic heterocycles. The summed E-state index contributed by atoms with van der Waals surface area (Å²) >= 11 is 0. The predicted molar refractivity (Wildman–Crippen MR) is 107 cm³/mol. The summed E-state index contributed by atoms with van der Waals surface area (Å²) in [5, 5.41) is 9.31. The van der Waals surface area contributed by atoms with Gasteiger partial charge in [0.1, 0.15) is 5.69 Å². The average molecular weight is 486 g/mol. The molecule has 0 unspecified atom stereocenters. The number of aromatic nitrogens is 2. The van der Waals surface area contributed by atoms with E-state index in [0.29, 0.717) is 25.1 Å². The fraction of sp³-hybridized carbons (Fsp3) is 0.688. The second-order valence-corrected chi connectivity index (χ2v) is 6.29. The van der Waals surface area contributed by atoms with E-state index < -0.39 is 11.9 Å². The Labute approximate surface area is 168 Å². The number of nitrogens with one attached hydrogen (secondary N) is 3. The van der Waals surface area contributed by atoms with E-state index >= 15 is 0 Å². The first-order chi connectivity index (χ1) is 11.9. The zero-order chi connectivity index (χ0) is 18.3. The lowest BCUT2D eigenvalue weighted by molar-refractivity contribution is -0.141. The normalized spacial score (nSPS) is 20.9. The van der Waals surface area contributed by atoms with Gasteiger partial charge in [0.25, 0.3) is 0 Å². The smallest absolute Gasteiger partial charge is 0.355 e. The summed E-state index contributed by atoms with van der Waals surface area (Å²) < 4.78 is 37.8.